The van der Waals surface area contributed by atoms with E-state index in [9.17, 15) is 0 Å². The van der Waals surface area contributed by atoms with Gasteiger partial charge in [-0.15, -0.1) is 80.9 Å². The van der Waals surface area contributed by atoms with Gasteiger partial charge >= 0.3 is 0 Å². The van der Waals surface area contributed by atoms with Crippen molar-refractivity contribution in [3.8, 4) is 55.6 Å². The van der Waals surface area contributed by atoms with Crippen molar-refractivity contribution in [2.75, 3.05) is 0 Å². The fourth-order valence-corrected chi connectivity index (χ4v) is 7.22. The van der Waals surface area contributed by atoms with E-state index in [0.717, 1.165) is 55.6 Å². The molecule has 10 aromatic carbocycles. The molecule has 0 aliphatic rings. The molecule has 0 fully saturated rings. The predicted octanol–water partition coefficient (Wildman–Crippen LogP) is 28.1. The molecule has 0 N–H and O–H groups in total. The van der Waals surface area contributed by atoms with Crippen LogP contribution in [-0.4, -0.2) is 0 Å². The van der Waals surface area contributed by atoms with Crippen LogP contribution in [0.3, 0.4) is 0 Å². The Kier molecular flexibility index (Phi) is 94.9. The van der Waals surface area contributed by atoms with E-state index in [0.29, 0.717) is 0 Å². The van der Waals surface area contributed by atoms with Gasteiger partial charge in [0, 0.05) is 164 Å². The zero-order chi connectivity index (χ0) is 69.8. The first-order valence-corrected chi connectivity index (χ1v) is 33.6. The third kappa shape index (κ3) is 51.5. The van der Waals surface area contributed by atoms with Crippen molar-refractivity contribution in [1.82, 2.24) is 0 Å². The van der Waals surface area contributed by atoms with Gasteiger partial charge in [0.2, 0.25) is 0 Å². The number of hydrogen-bond acceptors (Lipinski definition) is 0. The average Bonchev–Trinajstić information content (AvgIpc) is 0.975. The summed E-state index contributed by atoms with van der Waals surface area (Å²) < 4.78 is 0. The van der Waals surface area contributed by atoms with Gasteiger partial charge < -0.3 is 0 Å². The largest absolute Gasteiger partial charge is 0.226 e. The number of rotatable bonds is 5. The minimum atomic E-state index is 0. The third-order valence-electron chi connectivity index (χ3n) is 11.2. The minimum Gasteiger partial charge on any atom is -0.226 e. The SMILES string of the molecule is CC.CC.CC.CC.CC.CC.CC.CC.CC.CC.Cc1c[c-]c(-c2[c-]cc(C)cc2)cc1.Cc1c[c-]c(-c2[c-]ccc(C)c2)cc1.Cc1c[c-]c(-c2[c-]cccc2C)cc1.Cc1cc[c-]c(-c2[c-]ccc(C)c2)c1.Cc1cc[c-]c(-c2[c-]cccc2C)c1.[Y].[Y].[Y].[Y].[Y]. The van der Waals surface area contributed by atoms with E-state index in [-0.39, 0.29) is 164 Å². The first-order chi connectivity index (χ1) is 43.8. The quantitative estimate of drug-likeness (QED) is 0.151. The van der Waals surface area contributed by atoms with Crippen molar-refractivity contribution in [3.05, 3.63) is 298 Å². The van der Waals surface area contributed by atoms with Crippen LogP contribution in [0.1, 0.15) is 194 Å². The summed E-state index contributed by atoms with van der Waals surface area (Å²) in [6.45, 7) is 60.8. The molecule has 0 bridgehead atoms. The molecule has 0 nitrogen and oxygen atoms in total. The number of benzene rings is 10. The van der Waals surface area contributed by atoms with Crippen LogP contribution in [0.25, 0.3) is 55.6 Å². The Balaban J connectivity index is -0.000000110. The zero-order valence-electron chi connectivity index (χ0n) is 65.2. The summed E-state index contributed by atoms with van der Waals surface area (Å²) >= 11 is 0. The van der Waals surface area contributed by atoms with Crippen molar-refractivity contribution >= 4 is 0 Å². The van der Waals surface area contributed by atoms with Crippen molar-refractivity contribution in [3.63, 3.8) is 0 Å². The Morgan fingerprint density at radius 3 is 0.621 bits per heavy atom. The van der Waals surface area contributed by atoms with Crippen LogP contribution in [0.2, 0.25) is 0 Å². The molecule has 5 heteroatoms. The van der Waals surface area contributed by atoms with Crippen molar-refractivity contribution in [1.29, 1.82) is 0 Å². The Bertz CT molecular complexity index is 3090. The predicted molar refractivity (Wildman–Crippen MR) is 409 cm³/mol. The summed E-state index contributed by atoms with van der Waals surface area (Å²) in [4.78, 5) is 0. The van der Waals surface area contributed by atoms with Crippen LogP contribution >= 0.6 is 0 Å². The third-order valence-corrected chi connectivity index (χ3v) is 11.2. The van der Waals surface area contributed by atoms with Gasteiger partial charge in [-0.3, -0.25) is 0 Å². The first kappa shape index (κ1) is 114. The summed E-state index contributed by atoms with van der Waals surface area (Å²) in [7, 11) is 0. The van der Waals surface area contributed by atoms with E-state index in [2.05, 4.69) is 239 Å². The summed E-state index contributed by atoms with van der Waals surface area (Å²) in [5, 5.41) is 0. The molecule has 0 heterocycles. The van der Waals surface area contributed by atoms with Gasteiger partial charge in [-0.05, 0) is 0 Å². The van der Waals surface area contributed by atoms with Gasteiger partial charge in [0.25, 0.3) is 0 Å². The Morgan fingerprint density at radius 2 is 0.389 bits per heavy atom. The van der Waals surface area contributed by atoms with Gasteiger partial charge in [-0.2, -0.15) is 217 Å². The van der Waals surface area contributed by atoms with Gasteiger partial charge in [-0.1, -0.05) is 208 Å². The fraction of sp³-hybridized carbons (Fsp3) is 0.333. The van der Waals surface area contributed by atoms with E-state index < -0.39 is 0 Å². The molecule has 0 saturated carbocycles. The van der Waals surface area contributed by atoms with E-state index in [1.54, 1.807) is 0 Å². The maximum Gasteiger partial charge on any atom is 0 e. The van der Waals surface area contributed by atoms with E-state index in [1.807, 2.05) is 211 Å². The summed E-state index contributed by atoms with van der Waals surface area (Å²) in [5.74, 6) is 0. The molecule has 5 radical (unpaired) electrons. The maximum absolute atomic E-state index is 3.26. The second-order valence-electron chi connectivity index (χ2n) is 17.7. The molecular formula is C90H120Y5-10. The number of aryl methyl sites for hydroxylation is 10. The smallest absolute Gasteiger partial charge is 0 e. The molecule has 0 saturated heterocycles. The normalized spacial score (nSPS) is 8.11. The van der Waals surface area contributed by atoms with Crippen molar-refractivity contribution < 1.29 is 164 Å². The summed E-state index contributed by atoms with van der Waals surface area (Å²) in [6, 6.07) is 93.8. The van der Waals surface area contributed by atoms with E-state index >= 15 is 0 Å². The van der Waals surface area contributed by atoms with E-state index in [4.69, 9.17) is 0 Å². The molecule has 0 aromatic heterocycles. The Labute approximate surface area is 715 Å². The Morgan fingerprint density at radius 1 is 0.179 bits per heavy atom. The molecule has 0 spiro atoms. The maximum atomic E-state index is 3.26. The molecule has 0 aliphatic carbocycles. The van der Waals surface area contributed by atoms with Gasteiger partial charge in [0.15, 0.2) is 0 Å². The molecule has 505 valence electrons. The summed E-state index contributed by atoms with van der Waals surface area (Å²) in [5.41, 5.74) is 23.7. The average molecular weight is 1650 g/mol. The van der Waals surface area contributed by atoms with Crippen molar-refractivity contribution in [2.45, 2.75) is 208 Å². The standard InChI is InChI=1S/5C14H12.10C2H6.5Y/c1-11-3-7-13(8-4-11)14-9-5-12(2)6-10-14;1-11-5-3-7-13(9-11)14-8-4-6-12(2)10-14;1-11-6-5-8-13(10-11)14-9-4-3-7-12(14)2;1-11-6-8-13(9-7-11)14-5-3-4-12(2)10-14;1-11-7-9-13(10-8-11)14-6-4-3-5-12(14)2;10*1-2;;;;;/h3-7,9H,1-2H3;3-6,9-10H,1-2H3;3-7,10H,1-2H3;3-4,6-8,10H,1-2H3;3-5,7-9H,1-2H3;10*1-2H3;;;;;/q5*-2;;;;;;;;;;;;;;;. The zero-order valence-corrected chi connectivity index (χ0v) is 79.4. The molecule has 0 aliphatic heterocycles. The van der Waals surface area contributed by atoms with Crippen molar-refractivity contribution in [2.24, 2.45) is 0 Å². The molecular weight excluding hydrogens is 1530 g/mol. The van der Waals surface area contributed by atoms with E-state index in [1.165, 1.54) is 55.6 Å². The monoisotopic (exact) mass is 1650 g/mol. The molecule has 0 atom stereocenters. The minimum absolute atomic E-state index is 0. The van der Waals surface area contributed by atoms with Crippen LogP contribution in [0, 0.1) is 130 Å². The Hall–Kier alpha value is -2.28. The molecule has 10 aromatic rings. The van der Waals surface area contributed by atoms with Crippen LogP contribution in [0.4, 0.5) is 0 Å². The van der Waals surface area contributed by atoms with Gasteiger partial charge in [0.05, 0.1) is 0 Å². The van der Waals surface area contributed by atoms with Gasteiger partial charge in [0.1, 0.15) is 0 Å². The molecule has 10 rings (SSSR count). The van der Waals surface area contributed by atoms with Crippen LogP contribution in [0.15, 0.2) is 182 Å². The molecule has 0 amide bonds. The first-order valence-electron chi connectivity index (χ1n) is 33.6. The summed E-state index contributed by atoms with van der Waals surface area (Å²) in [6.07, 6.45) is 0. The van der Waals surface area contributed by atoms with Crippen LogP contribution < -0.4 is 0 Å². The van der Waals surface area contributed by atoms with Gasteiger partial charge in [-0.25, -0.2) is 55.6 Å². The van der Waals surface area contributed by atoms with Crippen LogP contribution in [0.5, 0.6) is 0 Å². The topological polar surface area (TPSA) is 0 Å². The second-order valence-corrected chi connectivity index (χ2v) is 17.7. The van der Waals surface area contributed by atoms with Crippen LogP contribution in [-0.2, 0) is 164 Å². The number of hydrogen-bond donors (Lipinski definition) is 0. The second kappa shape index (κ2) is 79.0. The fourth-order valence-electron chi connectivity index (χ4n) is 7.22. The molecule has 0 unspecified atom stereocenters. The molecule has 95 heavy (non-hydrogen) atoms.